The summed E-state index contributed by atoms with van der Waals surface area (Å²) in [6, 6.07) is 0. The van der Waals surface area contributed by atoms with Gasteiger partial charge < -0.3 is 9.47 Å². The van der Waals surface area contributed by atoms with Gasteiger partial charge in [0.2, 0.25) is 0 Å². The summed E-state index contributed by atoms with van der Waals surface area (Å²) in [6.07, 6.45) is 10.5. The normalized spacial score (nSPS) is 53.1. The summed E-state index contributed by atoms with van der Waals surface area (Å²) in [7, 11) is 0. The maximum atomic E-state index is 13.6. The fraction of sp³-hybridized carbons (Fsp3) is 0.778. The van der Waals surface area contributed by atoms with Crippen LogP contribution in [0.3, 0.4) is 0 Å². The highest BCUT2D eigenvalue weighted by Crippen LogP contribution is 2.71. The maximum absolute atomic E-state index is 13.6. The zero-order valence-electron chi connectivity index (χ0n) is 19.6. The second-order valence-electron chi connectivity index (χ2n) is 11.9. The number of hydrogen-bond donors (Lipinski definition) is 0. The Morgan fingerprint density at radius 1 is 1.10 bits per heavy atom. The van der Waals surface area contributed by atoms with Gasteiger partial charge in [0, 0.05) is 16.7 Å². The number of allylic oxidation sites excluding steroid dienone is 2. The Balaban J connectivity index is 1.53. The molecule has 4 aliphatic carbocycles. The number of rotatable bonds is 2. The van der Waals surface area contributed by atoms with Gasteiger partial charge in [-0.15, -0.1) is 0 Å². The van der Waals surface area contributed by atoms with Gasteiger partial charge in [-0.25, -0.2) is 0 Å². The molecule has 31 heavy (non-hydrogen) atoms. The van der Waals surface area contributed by atoms with Crippen molar-refractivity contribution in [2.75, 3.05) is 0 Å². The molecule has 4 heteroatoms. The van der Waals surface area contributed by atoms with Gasteiger partial charge in [0.1, 0.15) is 12.2 Å². The second-order valence-corrected chi connectivity index (χ2v) is 11.9. The van der Waals surface area contributed by atoms with Gasteiger partial charge >= 0.3 is 5.97 Å². The van der Waals surface area contributed by atoms with Crippen molar-refractivity contribution >= 4 is 11.8 Å². The van der Waals surface area contributed by atoms with E-state index in [2.05, 4.69) is 27.7 Å². The second kappa shape index (κ2) is 6.12. The van der Waals surface area contributed by atoms with E-state index in [9.17, 15) is 9.59 Å². The van der Waals surface area contributed by atoms with Gasteiger partial charge in [-0.05, 0) is 62.5 Å². The number of fused-ring (bicyclic) bond motifs is 4. The summed E-state index contributed by atoms with van der Waals surface area (Å²) in [5.41, 5.74) is 1.36. The number of ketones is 1. The van der Waals surface area contributed by atoms with Crippen molar-refractivity contribution in [3.63, 3.8) is 0 Å². The molecule has 2 heterocycles. The molecule has 9 atom stereocenters. The first-order chi connectivity index (χ1) is 14.7. The Hall–Kier alpha value is -1.42. The van der Waals surface area contributed by atoms with Gasteiger partial charge in [0.15, 0.2) is 5.78 Å². The minimum atomic E-state index is -0.737. The fourth-order valence-corrected chi connectivity index (χ4v) is 9.66. The van der Waals surface area contributed by atoms with Crippen LogP contribution in [0.25, 0.3) is 0 Å². The van der Waals surface area contributed by atoms with E-state index in [0.717, 1.165) is 18.8 Å². The zero-order chi connectivity index (χ0) is 21.9. The van der Waals surface area contributed by atoms with Crippen LogP contribution in [-0.2, 0) is 19.1 Å². The highest BCUT2D eigenvalue weighted by Gasteiger charge is 2.77. The lowest BCUT2D eigenvalue weighted by atomic mass is 9.42. The molecule has 2 saturated heterocycles. The average molecular weight is 425 g/mol. The fourth-order valence-electron chi connectivity index (χ4n) is 9.66. The minimum absolute atomic E-state index is 0.118. The molecule has 4 nitrogen and oxygen atoms in total. The Morgan fingerprint density at radius 2 is 1.81 bits per heavy atom. The van der Waals surface area contributed by atoms with Crippen molar-refractivity contribution in [1.29, 1.82) is 0 Å². The van der Waals surface area contributed by atoms with E-state index in [1.165, 1.54) is 36.8 Å². The molecule has 2 aliphatic heterocycles. The highest BCUT2D eigenvalue weighted by atomic mass is 16.6. The summed E-state index contributed by atoms with van der Waals surface area (Å²) in [5, 5.41) is 0. The molecule has 0 radical (unpaired) electrons. The predicted octanol–water partition coefficient (Wildman–Crippen LogP) is 5.02. The van der Waals surface area contributed by atoms with Crippen LogP contribution in [0.1, 0.15) is 73.1 Å². The average Bonchev–Trinajstić information content (AvgIpc) is 3.46. The van der Waals surface area contributed by atoms with Crippen LogP contribution in [0, 0.1) is 39.9 Å². The number of carbonyl (C=O) groups excluding carboxylic acids is 2. The molecule has 168 valence electrons. The largest absolute Gasteiger partial charge is 0.459 e. The van der Waals surface area contributed by atoms with Gasteiger partial charge in [-0.1, -0.05) is 51.7 Å². The van der Waals surface area contributed by atoms with E-state index in [1.807, 2.05) is 13.0 Å². The van der Waals surface area contributed by atoms with E-state index >= 15 is 0 Å². The first-order valence-corrected chi connectivity index (χ1v) is 12.5. The zero-order valence-corrected chi connectivity index (χ0v) is 19.6. The van der Waals surface area contributed by atoms with Gasteiger partial charge in [-0.3, -0.25) is 9.59 Å². The molecule has 0 N–H and O–H groups in total. The Kier molecular flexibility index (Phi) is 3.99. The van der Waals surface area contributed by atoms with Crippen LogP contribution in [0.2, 0.25) is 0 Å². The highest BCUT2D eigenvalue weighted by molar-refractivity contribution is 6.00. The molecule has 0 amide bonds. The minimum Gasteiger partial charge on any atom is -0.459 e. The summed E-state index contributed by atoms with van der Waals surface area (Å²) < 4.78 is 13.0. The van der Waals surface area contributed by atoms with Crippen molar-refractivity contribution in [2.24, 2.45) is 39.9 Å². The van der Waals surface area contributed by atoms with Crippen LogP contribution in [-0.4, -0.2) is 30.1 Å². The predicted molar refractivity (Wildman–Crippen MR) is 117 cm³/mol. The van der Waals surface area contributed by atoms with E-state index in [1.54, 1.807) is 6.08 Å². The van der Waals surface area contributed by atoms with Gasteiger partial charge in [-0.2, -0.15) is 0 Å². The van der Waals surface area contributed by atoms with Crippen LogP contribution < -0.4 is 0 Å². The van der Waals surface area contributed by atoms with Crippen LogP contribution in [0.5, 0.6) is 0 Å². The molecule has 6 aliphatic rings. The number of hydrogen-bond acceptors (Lipinski definition) is 4. The lowest BCUT2D eigenvalue weighted by molar-refractivity contribution is -0.186. The maximum Gasteiger partial charge on any atom is 0.316 e. The van der Waals surface area contributed by atoms with Crippen LogP contribution in [0.4, 0.5) is 0 Å². The van der Waals surface area contributed by atoms with Gasteiger partial charge in [0.25, 0.3) is 0 Å². The molecule has 6 rings (SSSR count). The lowest BCUT2D eigenvalue weighted by Gasteiger charge is -2.59. The molecular formula is C27H36O4. The smallest absolute Gasteiger partial charge is 0.316 e. The molecule has 2 saturated carbocycles. The molecule has 0 aromatic heterocycles. The molecule has 0 spiro atoms. The van der Waals surface area contributed by atoms with Crippen LogP contribution in [0.15, 0.2) is 23.3 Å². The molecule has 4 fully saturated rings. The van der Waals surface area contributed by atoms with Gasteiger partial charge in [0.05, 0.1) is 11.5 Å². The summed E-state index contributed by atoms with van der Waals surface area (Å²) in [4.78, 5) is 26.6. The Morgan fingerprint density at radius 3 is 2.48 bits per heavy atom. The van der Waals surface area contributed by atoms with Crippen molar-refractivity contribution in [2.45, 2.75) is 91.5 Å². The van der Waals surface area contributed by atoms with Crippen molar-refractivity contribution in [1.82, 2.24) is 0 Å². The summed E-state index contributed by atoms with van der Waals surface area (Å²) in [6.45, 7) is 11.0. The monoisotopic (exact) mass is 424 g/mol. The number of esters is 1. The third-order valence-corrected chi connectivity index (χ3v) is 10.8. The van der Waals surface area contributed by atoms with Crippen molar-refractivity contribution in [3.8, 4) is 0 Å². The Bertz CT molecular complexity index is 926. The molecule has 0 aromatic carbocycles. The summed E-state index contributed by atoms with van der Waals surface area (Å²) in [5.74, 6) is 1.35. The van der Waals surface area contributed by atoms with E-state index in [0.29, 0.717) is 5.92 Å². The van der Waals surface area contributed by atoms with Crippen molar-refractivity contribution in [3.05, 3.63) is 23.3 Å². The summed E-state index contributed by atoms with van der Waals surface area (Å²) >= 11 is 0. The van der Waals surface area contributed by atoms with E-state index in [4.69, 9.17) is 9.47 Å². The molecule has 0 bridgehead atoms. The molecule has 0 unspecified atom stereocenters. The molecule has 0 aromatic rings. The molecular weight excluding hydrogens is 388 g/mol. The standard InChI is InChI=1S/C27H36O4/c1-6-18-26(4)19(28)11-12-25(3)22(26)21(31-24(25)29)23-27(18,5)20-14(2)16(13-17(20)30-23)15-9-7-8-10-15/h11-12,15-18,21-23H,6-10,13H2,1-5H3/t16-,17-,18-,21-,22+,23-,25-,26+,27-/m1/s1. The third-order valence-electron chi connectivity index (χ3n) is 10.8. The topological polar surface area (TPSA) is 52.6 Å². The van der Waals surface area contributed by atoms with E-state index < -0.39 is 10.8 Å². The van der Waals surface area contributed by atoms with Crippen LogP contribution >= 0.6 is 0 Å². The first kappa shape index (κ1) is 20.2. The Labute approximate surface area is 185 Å². The third kappa shape index (κ3) is 2.12. The quantitative estimate of drug-likeness (QED) is 0.461. The van der Waals surface area contributed by atoms with E-state index in [-0.39, 0.29) is 47.3 Å². The number of ether oxygens (including phenoxy) is 2. The lowest BCUT2D eigenvalue weighted by Crippen LogP contribution is -2.65. The SMILES string of the molecule is CC[C@H]1[C@]2(C)C3=C(C)[C@H](C4CCCC4)C[C@H]3O[C@@H]2[C@@H]2OC(=O)[C@]3(C)C=CC(=O)[C@@]1(C)[C@@H]23. The first-order valence-electron chi connectivity index (χ1n) is 12.5. The number of carbonyl (C=O) groups is 2. The van der Waals surface area contributed by atoms with Crippen molar-refractivity contribution < 1.29 is 19.1 Å².